The van der Waals surface area contributed by atoms with Crippen molar-refractivity contribution in [3.63, 3.8) is 0 Å². The maximum atomic E-state index is 12.2. The molecule has 2 aromatic heterocycles. The van der Waals surface area contributed by atoms with E-state index in [2.05, 4.69) is 12.2 Å². The SMILES string of the molecule is C[C@@H]1CCc2c(C(=O)OCC(=O)NCc3ccco3)csc2C1. The van der Waals surface area contributed by atoms with Gasteiger partial charge in [-0.3, -0.25) is 4.79 Å². The van der Waals surface area contributed by atoms with Crippen molar-refractivity contribution in [3.8, 4) is 0 Å². The lowest BCUT2D eigenvalue weighted by molar-refractivity contribution is -0.124. The molecule has 1 aliphatic rings. The smallest absolute Gasteiger partial charge is 0.339 e. The van der Waals surface area contributed by atoms with Crippen molar-refractivity contribution in [1.29, 1.82) is 0 Å². The average Bonchev–Trinajstić information content (AvgIpc) is 3.19. The topological polar surface area (TPSA) is 68.5 Å². The molecule has 1 amide bonds. The van der Waals surface area contributed by atoms with E-state index < -0.39 is 5.97 Å². The highest BCUT2D eigenvalue weighted by Crippen LogP contribution is 2.33. The van der Waals surface area contributed by atoms with Crippen molar-refractivity contribution < 1.29 is 18.7 Å². The number of esters is 1. The molecule has 0 unspecified atom stereocenters. The molecule has 1 N–H and O–H groups in total. The van der Waals surface area contributed by atoms with Crippen LogP contribution in [0, 0.1) is 5.92 Å². The minimum Gasteiger partial charge on any atom is -0.467 e. The lowest BCUT2D eigenvalue weighted by Gasteiger charge is -2.18. The first-order valence-electron chi connectivity index (χ1n) is 7.69. The number of amides is 1. The normalized spacial score (nSPS) is 16.7. The molecule has 1 atom stereocenters. The highest BCUT2D eigenvalue weighted by atomic mass is 32.1. The summed E-state index contributed by atoms with van der Waals surface area (Å²) in [6.07, 6.45) is 4.57. The van der Waals surface area contributed by atoms with Crippen LogP contribution >= 0.6 is 11.3 Å². The van der Waals surface area contributed by atoms with Gasteiger partial charge in [0.2, 0.25) is 0 Å². The fourth-order valence-corrected chi connectivity index (χ4v) is 3.94. The molecular weight excluding hydrogens is 314 g/mol. The molecule has 0 radical (unpaired) electrons. The van der Waals surface area contributed by atoms with Crippen molar-refractivity contribution in [1.82, 2.24) is 5.32 Å². The van der Waals surface area contributed by atoms with Gasteiger partial charge in [-0.15, -0.1) is 11.3 Å². The van der Waals surface area contributed by atoms with E-state index >= 15 is 0 Å². The number of ether oxygens (including phenoxy) is 1. The molecule has 0 fully saturated rings. The molecule has 0 aliphatic heterocycles. The van der Waals surface area contributed by atoms with Gasteiger partial charge in [-0.05, 0) is 42.9 Å². The molecular formula is C17H19NO4S. The molecule has 6 heteroatoms. The number of carbonyl (C=O) groups is 2. The van der Waals surface area contributed by atoms with Crippen LogP contribution in [0.25, 0.3) is 0 Å². The Morgan fingerprint density at radius 3 is 3.13 bits per heavy atom. The quantitative estimate of drug-likeness (QED) is 0.854. The summed E-state index contributed by atoms with van der Waals surface area (Å²) < 4.78 is 10.3. The van der Waals surface area contributed by atoms with E-state index in [4.69, 9.17) is 9.15 Å². The van der Waals surface area contributed by atoms with E-state index in [1.54, 1.807) is 29.7 Å². The van der Waals surface area contributed by atoms with Crippen LogP contribution in [0.4, 0.5) is 0 Å². The van der Waals surface area contributed by atoms with E-state index in [1.165, 1.54) is 4.88 Å². The molecule has 2 aromatic rings. The molecule has 0 aromatic carbocycles. The van der Waals surface area contributed by atoms with E-state index in [9.17, 15) is 9.59 Å². The summed E-state index contributed by atoms with van der Waals surface area (Å²) in [5.41, 5.74) is 1.73. The standard InChI is InChI=1S/C17H19NO4S/c1-11-4-5-13-14(10-23-15(13)7-11)17(20)22-9-16(19)18-8-12-3-2-6-21-12/h2-3,6,10-11H,4-5,7-9H2,1H3,(H,18,19)/t11-/m1/s1. The Hall–Kier alpha value is -2.08. The number of carbonyl (C=O) groups excluding carboxylic acids is 2. The van der Waals surface area contributed by atoms with Gasteiger partial charge in [0.15, 0.2) is 6.61 Å². The second-order valence-corrected chi connectivity index (χ2v) is 6.80. The van der Waals surface area contributed by atoms with Crippen LogP contribution < -0.4 is 5.32 Å². The average molecular weight is 333 g/mol. The summed E-state index contributed by atoms with van der Waals surface area (Å²) in [4.78, 5) is 25.2. The highest BCUT2D eigenvalue weighted by Gasteiger charge is 2.24. The Morgan fingerprint density at radius 2 is 2.35 bits per heavy atom. The Morgan fingerprint density at radius 1 is 1.48 bits per heavy atom. The minimum atomic E-state index is -0.412. The van der Waals surface area contributed by atoms with Gasteiger partial charge in [-0.25, -0.2) is 4.79 Å². The van der Waals surface area contributed by atoms with Gasteiger partial charge in [0, 0.05) is 10.3 Å². The van der Waals surface area contributed by atoms with Crippen LogP contribution in [-0.4, -0.2) is 18.5 Å². The third kappa shape index (κ3) is 3.82. The Bertz CT molecular complexity index is 690. The molecule has 1 aliphatic carbocycles. The minimum absolute atomic E-state index is 0.277. The van der Waals surface area contributed by atoms with E-state index in [0.717, 1.165) is 24.8 Å². The van der Waals surface area contributed by atoms with E-state index in [0.29, 0.717) is 17.2 Å². The van der Waals surface area contributed by atoms with E-state index in [1.807, 2.05) is 5.38 Å². The second kappa shape index (κ2) is 7.00. The summed E-state index contributed by atoms with van der Waals surface area (Å²) in [7, 11) is 0. The zero-order valence-electron chi connectivity index (χ0n) is 13.0. The first-order chi connectivity index (χ1) is 11.1. The van der Waals surface area contributed by atoms with Crippen LogP contribution in [0.2, 0.25) is 0 Å². The molecule has 2 heterocycles. The molecule has 3 rings (SSSR count). The second-order valence-electron chi connectivity index (χ2n) is 5.83. The number of rotatable bonds is 5. The summed E-state index contributed by atoms with van der Waals surface area (Å²) >= 11 is 1.61. The van der Waals surface area contributed by atoms with Crippen LogP contribution in [0.5, 0.6) is 0 Å². The first-order valence-corrected chi connectivity index (χ1v) is 8.57. The van der Waals surface area contributed by atoms with Crippen LogP contribution in [-0.2, 0) is 28.9 Å². The first kappa shape index (κ1) is 15.8. The number of nitrogens with one attached hydrogen (secondary N) is 1. The van der Waals surface area contributed by atoms with Crippen molar-refractivity contribution in [2.24, 2.45) is 5.92 Å². The summed E-state index contributed by atoms with van der Waals surface area (Å²) in [6, 6.07) is 3.52. The van der Waals surface area contributed by atoms with Crippen LogP contribution in [0.3, 0.4) is 0 Å². The number of thiophene rings is 1. The molecule has 122 valence electrons. The number of hydrogen-bond donors (Lipinski definition) is 1. The number of hydrogen-bond acceptors (Lipinski definition) is 5. The van der Waals surface area contributed by atoms with Gasteiger partial charge >= 0.3 is 5.97 Å². The third-order valence-corrected chi connectivity index (χ3v) is 5.05. The van der Waals surface area contributed by atoms with Gasteiger partial charge in [0.05, 0.1) is 18.4 Å². The molecule has 0 saturated carbocycles. The van der Waals surface area contributed by atoms with Gasteiger partial charge in [0.1, 0.15) is 5.76 Å². The molecule has 0 bridgehead atoms. The van der Waals surface area contributed by atoms with Gasteiger partial charge < -0.3 is 14.5 Å². The van der Waals surface area contributed by atoms with Gasteiger partial charge in [-0.1, -0.05) is 6.92 Å². The predicted octanol–water partition coefficient (Wildman–Crippen LogP) is 2.94. The van der Waals surface area contributed by atoms with Gasteiger partial charge in [0.25, 0.3) is 5.91 Å². The maximum Gasteiger partial charge on any atom is 0.339 e. The van der Waals surface area contributed by atoms with Crippen molar-refractivity contribution >= 4 is 23.2 Å². The fourth-order valence-electron chi connectivity index (χ4n) is 2.71. The highest BCUT2D eigenvalue weighted by molar-refractivity contribution is 7.10. The van der Waals surface area contributed by atoms with Crippen molar-refractivity contribution in [2.45, 2.75) is 32.7 Å². The van der Waals surface area contributed by atoms with Crippen molar-refractivity contribution in [3.05, 3.63) is 45.5 Å². The summed E-state index contributed by atoms with van der Waals surface area (Å²) in [6.45, 7) is 2.24. The largest absolute Gasteiger partial charge is 0.467 e. The predicted molar refractivity (Wildman–Crippen MR) is 86.3 cm³/mol. The summed E-state index contributed by atoms with van der Waals surface area (Å²) in [5, 5.41) is 4.50. The molecule has 5 nitrogen and oxygen atoms in total. The number of furan rings is 1. The van der Waals surface area contributed by atoms with Crippen LogP contribution in [0.15, 0.2) is 28.2 Å². The van der Waals surface area contributed by atoms with Crippen LogP contribution in [0.1, 0.15) is 39.9 Å². The molecule has 0 saturated heterocycles. The maximum absolute atomic E-state index is 12.2. The molecule has 0 spiro atoms. The number of fused-ring (bicyclic) bond motifs is 1. The summed E-state index contributed by atoms with van der Waals surface area (Å²) in [5.74, 6) is 0.570. The molecule has 23 heavy (non-hydrogen) atoms. The monoisotopic (exact) mass is 333 g/mol. The van der Waals surface area contributed by atoms with E-state index in [-0.39, 0.29) is 19.1 Å². The lowest BCUT2D eigenvalue weighted by Crippen LogP contribution is -2.28. The lowest BCUT2D eigenvalue weighted by atomic mass is 9.88. The third-order valence-electron chi connectivity index (χ3n) is 4.00. The zero-order chi connectivity index (χ0) is 16.2. The van der Waals surface area contributed by atoms with Crippen molar-refractivity contribution in [2.75, 3.05) is 6.61 Å². The fraction of sp³-hybridized carbons (Fsp3) is 0.412. The zero-order valence-corrected chi connectivity index (χ0v) is 13.8. The Labute approximate surface area is 138 Å². The Kier molecular flexibility index (Phi) is 4.81. The Balaban J connectivity index is 1.50. The van der Waals surface area contributed by atoms with Gasteiger partial charge in [-0.2, -0.15) is 0 Å².